The molecule has 2 aromatic carbocycles. The van der Waals surface area contributed by atoms with Gasteiger partial charge in [0.2, 0.25) is 0 Å². The Balaban J connectivity index is 2.26. The number of hydrogen-bond donors (Lipinski definition) is 1. The molecule has 1 aromatic heterocycles. The molecule has 0 aliphatic carbocycles. The number of carbonyl (C=O) groups is 1. The molecule has 0 bridgehead atoms. The molecule has 7 heteroatoms. The van der Waals surface area contributed by atoms with Crippen molar-refractivity contribution in [1.82, 2.24) is 9.78 Å². The van der Waals surface area contributed by atoms with Crippen molar-refractivity contribution in [2.75, 3.05) is 0 Å². The van der Waals surface area contributed by atoms with Crippen LogP contribution in [-0.2, 0) is 0 Å². The van der Waals surface area contributed by atoms with E-state index in [1.54, 1.807) is 18.2 Å². The predicted octanol–water partition coefficient (Wildman–Crippen LogP) is 5.31. The molecule has 0 aliphatic rings. The molecular weight excluding hydrogens is 403 g/mol. The first-order chi connectivity index (χ1) is 11.0. The Bertz CT molecular complexity index is 892. The first-order valence-electron chi connectivity index (χ1n) is 6.50. The van der Waals surface area contributed by atoms with Crippen molar-refractivity contribution in [1.29, 1.82) is 0 Å². The van der Waals surface area contributed by atoms with Gasteiger partial charge in [0.25, 0.3) is 0 Å². The Morgan fingerprint density at radius 1 is 1.13 bits per heavy atom. The summed E-state index contributed by atoms with van der Waals surface area (Å²) >= 11 is 15.5. The van der Waals surface area contributed by atoms with Gasteiger partial charge in [0, 0.05) is 15.1 Å². The number of nitrogens with zero attached hydrogens (tertiary/aromatic N) is 2. The van der Waals surface area contributed by atoms with Gasteiger partial charge in [0.1, 0.15) is 5.56 Å². The monoisotopic (exact) mass is 410 g/mol. The van der Waals surface area contributed by atoms with E-state index < -0.39 is 5.97 Å². The first kappa shape index (κ1) is 16.1. The maximum atomic E-state index is 11.5. The number of carboxylic acids is 1. The number of halogens is 3. The lowest BCUT2D eigenvalue weighted by Crippen LogP contribution is -2.03. The minimum atomic E-state index is -1.06. The van der Waals surface area contributed by atoms with Crippen LogP contribution in [0.2, 0.25) is 10.0 Å². The summed E-state index contributed by atoms with van der Waals surface area (Å²) in [5.41, 5.74) is 1.82. The molecule has 0 unspecified atom stereocenters. The second-order valence-electron chi connectivity index (χ2n) is 4.73. The second-order valence-corrected chi connectivity index (χ2v) is 6.49. The maximum Gasteiger partial charge on any atom is 0.339 e. The van der Waals surface area contributed by atoms with E-state index in [9.17, 15) is 9.90 Å². The van der Waals surface area contributed by atoms with E-state index in [0.717, 1.165) is 4.47 Å². The zero-order valence-corrected chi connectivity index (χ0v) is 14.6. The summed E-state index contributed by atoms with van der Waals surface area (Å²) in [5.74, 6) is -1.06. The molecule has 0 saturated carbocycles. The van der Waals surface area contributed by atoms with Crippen LogP contribution in [0, 0.1) is 0 Å². The minimum absolute atomic E-state index is 0.0957. The molecule has 0 aliphatic heterocycles. The largest absolute Gasteiger partial charge is 0.478 e. The fraction of sp³-hybridized carbons (Fsp3) is 0. The number of benzene rings is 2. The number of hydrogen-bond acceptors (Lipinski definition) is 2. The van der Waals surface area contributed by atoms with Crippen LogP contribution >= 0.6 is 39.1 Å². The fourth-order valence-corrected chi connectivity index (χ4v) is 2.98. The molecule has 0 spiro atoms. The topological polar surface area (TPSA) is 55.1 Å². The molecule has 3 rings (SSSR count). The van der Waals surface area contributed by atoms with Crippen molar-refractivity contribution in [3.05, 3.63) is 68.7 Å². The Hall–Kier alpha value is -1.82. The van der Waals surface area contributed by atoms with Crippen LogP contribution in [0.25, 0.3) is 16.9 Å². The number of aromatic carboxylic acids is 1. The average molecular weight is 412 g/mol. The molecule has 23 heavy (non-hydrogen) atoms. The Morgan fingerprint density at radius 3 is 2.43 bits per heavy atom. The summed E-state index contributed by atoms with van der Waals surface area (Å²) in [6.07, 6.45) is 1.31. The highest BCUT2D eigenvalue weighted by Gasteiger charge is 2.20. The third kappa shape index (κ3) is 3.13. The summed E-state index contributed by atoms with van der Waals surface area (Å²) in [6.45, 7) is 0. The van der Waals surface area contributed by atoms with Crippen molar-refractivity contribution in [2.24, 2.45) is 0 Å². The molecule has 1 N–H and O–H groups in total. The molecule has 0 amide bonds. The van der Waals surface area contributed by atoms with Gasteiger partial charge in [-0.2, -0.15) is 5.10 Å². The normalized spacial score (nSPS) is 10.7. The van der Waals surface area contributed by atoms with Crippen LogP contribution in [-0.4, -0.2) is 20.9 Å². The smallest absolute Gasteiger partial charge is 0.339 e. The highest BCUT2D eigenvalue weighted by Crippen LogP contribution is 2.31. The van der Waals surface area contributed by atoms with E-state index in [0.29, 0.717) is 27.0 Å². The van der Waals surface area contributed by atoms with Gasteiger partial charge in [-0.15, -0.1) is 0 Å². The van der Waals surface area contributed by atoms with Gasteiger partial charge >= 0.3 is 5.97 Å². The summed E-state index contributed by atoms with van der Waals surface area (Å²) in [7, 11) is 0. The standard InChI is InChI=1S/C16H9BrCl2N2O2/c17-10-3-1-9(2-4-10)15-12(16(22)23)8-20-21(15)14-6-5-11(18)7-13(14)19/h1-8H,(H,22,23). The van der Waals surface area contributed by atoms with E-state index in [1.807, 2.05) is 24.3 Å². The van der Waals surface area contributed by atoms with Crippen LogP contribution in [0.4, 0.5) is 0 Å². The van der Waals surface area contributed by atoms with Crippen LogP contribution in [0.5, 0.6) is 0 Å². The summed E-state index contributed by atoms with van der Waals surface area (Å²) < 4.78 is 2.40. The minimum Gasteiger partial charge on any atom is -0.478 e. The van der Waals surface area contributed by atoms with E-state index in [2.05, 4.69) is 21.0 Å². The third-order valence-corrected chi connectivity index (χ3v) is 4.32. The van der Waals surface area contributed by atoms with Crippen LogP contribution in [0.3, 0.4) is 0 Å². The SMILES string of the molecule is O=C(O)c1cnn(-c2ccc(Cl)cc2Cl)c1-c1ccc(Br)cc1. The summed E-state index contributed by atoms with van der Waals surface area (Å²) in [5, 5.41) is 14.5. The van der Waals surface area contributed by atoms with E-state index in [1.165, 1.54) is 10.9 Å². The van der Waals surface area contributed by atoms with Gasteiger partial charge in [-0.3, -0.25) is 0 Å². The van der Waals surface area contributed by atoms with Crippen molar-refractivity contribution in [3.8, 4) is 16.9 Å². The van der Waals surface area contributed by atoms with Gasteiger partial charge in [0.15, 0.2) is 0 Å². The predicted molar refractivity (Wildman–Crippen MR) is 93.7 cm³/mol. The summed E-state index contributed by atoms with van der Waals surface area (Å²) in [4.78, 5) is 11.5. The summed E-state index contributed by atoms with van der Waals surface area (Å²) in [6, 6.07) is 12.3. The zero-order chi connectivity index (χ0) is 16.6. The van der Waals surface area contributed by atoms with Gasteiger partial charge in [-0.05, 0) is 30.3 Å². The Morgan fingerprint density at radius 2 is 1.83 bits per heavy atom. The molecule has 4 nitrogen and oxygen atoms in total. The molecule has 1 heterocycles. The molecule has 0 fully saturated rings. The highest BCUT2D eigenvalue weighted by molar-refractivity contribution is 9.10. The molecule has 0 radical (unpaired) electrons. The van der Waals surface area contributed by atoms with Crippen LogP contribution < -0.4 is 0 Å². The molecule has 3 aromatic rings. The van der Waals surface area contributed by atoms with Gasteiger partial charge in [0.05, 0.1) is 22.6 Å². The van der Waals surface area contributed by atoms with E-state index >= 15 is 0 Å². The molecule has 0 saturated heterocycles. The van der Waals surface area contributed by atoms with Crippen molar-refractivity contribution >= 4 is 45.1 Å². The molecular formula is C16H9BrCl2N2O2. The van der Waals surface area contributed by atoms with Gasteiger partial charge in [-0.25, -0.2) is 9.48 Å². The van der Waals surface area contributed by atoms with Crippen molar-refractivity contribution in [3.63, 3.8) is 0 Å². The average Bonchev–Trinajstić information content (AvgIpc) is 2.93. The Labute approximate surface area is 150 Å². The lowest BCUT2D eigenvalue weighted by molar-refractivity contribution is 0.0697. The fourth-order valence-electron chi connectivity index (χ4n) is 2.23. The number of carboxylic acid groups (broad SMARTS) is 1. The quantitative estimate of drug-likeness (QED) is 0.635. The van der Waals surface area contributed by atoms with Gasteiger partial charge < -0.3 is 5.11 Å². The lowest BCUT2D eigenvalue weighted by atomic mass is 10.1. The Kier molecular flexibility index (Phi) is 4.43. The molecule has 116 valence electrons. The molecule has 0 atom stereocenters. The van der Waals surface area contributed by atoms with Crippen LogP contribution in [0.1, 0.15) is 10.4 Å². The zero-order valence-electron chi connectivity index (χ0n) is 11.5. The first-order valence-corrected chi connectivity index (χ1v) is 8.05. The highest BCUT2D eigenvalue weighted by atomic mass is 79.9. The maximum absolute atomic E-state index is 11.5. The van der Waals surface area contributed by atoms with Crippen LogP contribution in [0.15, 0.2) is 53.1 Å². The lowest BCUT2D eigenvalue weighted by Gasteiger charge is -2.11. The number of rotatable bonds is 3. The second kappa shape index (κ2) is 6.35. The number of aromatic nitrogens is 2. The van der Waals surface area contributed by atoms with E-state index in [4.69, 9.17) is 23.2 Å². The van der Waals surface area contributed by atoms with Gasteiger partial charge in [-0.1, -0.05) is 51.3 Å². The van der Waals surface area contributed by atoms with Crippen molar-refractivity contribution < 1.29 is 9.90 Å². The third-order valence-electron chi connectivity index (χ3n) is 3.26. The van der Waals surface area contributed by atoms with Crippen molar-refractivity contribution in [2.45, 2.75) is 0 Å². The van der Waals surface area contributed by atoms with E-state index in [-0.39, 0.29) is 5.56 Å².